The van der Waals surface area contributed by atoms with Crippen LogP contribution in [0.3, 0.4) is 0 Å². The van der Waals surface area contributed by atoms with Crippen molar-refractivity contribution < 1.29 is 13.9 Å². The molecule has 3 aromatic carbocycles. The first-order valence-electron chi connectivity index (χ1n) is 8.65. The highest BCUT2D eigenvalue weighted by atomic mass is 79.9. The zero-order chi connectivity index (χ0) is 19.4. The van der Waals surface area contributed by atoms with Gasteiger partial charge >= 0.3 is 0 Å². The Kier molecular flexibility index (Phi) is 4.11. The average Bonchev–Trinajstić information content (AvgIpc) is 3.04. The van der Waals surface area contributed by atoms with Crippen molar-refractivity contribution in [1.82, 2.24) is 4.57 Å². The van der Waals surface area contributed by atoms with Crippen LogP contribution in [0.25, 0.3) is 22.2 Å². The molecule has 0 fully saturated rings. The summed E-state index contributed by atoms with van der Waals surface area (Å²) in [7, 11) is 1.52. The van der Waals surface area contributed by atoms with Gasteiger partial charge in [-0.15, -0.1) is 0 Å². The van der Waals surface area contributed by atoms with E-state index in [2.05, 4.69) is 26.6 Å². The quantitative estimate of drug-likeness (QED) is 0.329. The molecule has 0 spiro atoms. The van der Waals surface area contributed by atoms with E-state index in [1.807, 2.05) is 36.4 Å². The normalized spacial score (nSPS) is 15.1. The Labute approximate surface area is 174 Å². The minimum absolute atomic E-state index is 0.376. The molecule has 3 nitrogen and oxygen atoms in total. The number of rotatable bonds is 2. The lowest BCUT2D eigenvalue weighted by Crippen LogP contribution is -2.22. The number of fused-ring (bicyclic) bond motifs is 5. The Morgan fingerprint density at radius 1 is 1.07 bits per heavy atom. The summed E-state index contributed by atoms with van der Waals surface area (Å²) in [5, 5.41) is 1.66. The minimum atomic E-state index is -0.542. The predicted octanol–water partition coefficient (Wildman–Crippen LogP) is 6.81. The topological polar surface area (TPSA) is 23.4 Å². The van der Waals surface area contributed by atoms with E-state index in [0.29, 0.717) is 16.3 Å². The van der Waals surface area contributed by atoms with Gasteiger partial charge in [-0.05, 0) is 54.6 Å². The number of benzene rings is 3. The van der Waals surface area contributed by atoms with Crippen molar-refractivity contribution in [2.75, 3.05) is 7.11 Å². The number of methoxy groups -OCH3 is 1. The molecule has 1 aliphatic rings. The fraction of sp³-hybridized carbons (Fsp3) is 0.0909. The van der Waals surface area contributed by atoms with Crippen molar-refractivity contribution in [3.63, 3.8) is 0 Å². The van der Waals surface area contributed by atoms with E-state index >= 15 is 0 Å². The van der Waals surface area contributed by atoms with E-state index < -0.39 is 6.23 Å². The maximum atomic E-state index is 14.2. The summed E-state index contributed by atoms with van der Waals surface area (Å²) in [5.74, 6) is 0.794. The molecule has 4 aromatic rings. The summed E-state index contributed by atoms with van der Waals surface area (Å²) >= 11 is 9.71. The van der Waals surface area contributed by atoms with Gasteiger partial charge in [-0.2, -0.15) is 0 Å². The van der Waals surface area contributed by atoms with Crippen molar-refractivity contribution in [1.29, 1.82) is 0 Å². The molecule has 5 rings (SSSR count). The smallest absolute Gasteiger partial charge is 0.203 e. The van der Waals surface area contributed by atoms with Crippen LogP contribution in [0.5, 0.6) is 11.5 Å². The third-order valence-electron chi connectivity index (χ3n) is 4.91. The third-order valence-corrected chi connectivity index (χ3v) is 5.64. The Balaban J connectivity index is 1.81. The first-order chi connectivity index (χ1) is 13.5. The summed E-state index contributed by atoms with van der Waals surface area (Å²) in [5.41, 5.74) is 3.58. The van der Waals surface area contributed by atoms with Gasteiger partial charge in [-0.25, -0.2) is 4.39 Å². The van der Waals surface area contributed by atoms with Crippen LogP contribution >= 0.6 is 27.5 Å². The molecule has 1 unspecified atom stereocenters. The largest absolute Gasteiger partial charge is 0.497 e. The molecule has 6 heteroatoms. The van der Waals surface area contributed by atoms with Crippen molar-refractivity contribution >= 4 is 38.4 Å². The van der Waals surface area contributed by atoms with Crippen molar-refractivity contribution in [3.8, 4) is 22.8 Å². The van der Waals surface area contributed by atoms with Gasteiger partial charge in [-0.1, -0.05) is 27.5 Å². The number of aromatic nitrogens is 1. The van der Waals surface area contributed by atoms with Gasteiger partial charge in [0.25, 0.3) is 0 Å². The minimum Gasteiger partial charge on any atom is -0.497 e. The van der Waals surface area contributed by atoms with Crippen LogP contribution in [0.4, 0.5) is 4.39 Å². The molecule has 0 bridgehead atoms. The van der Waals surface area contributed by atoms with E-state index in [4.69, 9.17) is 21.1 Å². The number of ether oxygens (including phenoxy) is 2. The van der Waals surface area contributed by atoms with E-state index in [9.17, 15) is 4.39 Å². The van der Waals surface area contributed by atoms with Gasteiger partial charge in [0.05, 0.1) is 18.3 Å². The Morgan fingerprint density at radius 2 is 1.93 bits per heavy atom. The lowest BCUT2D eigenvalue weighted by Gasteiger charge is -2.30. The second-order valence-electron chi connectivity index (χ2n) is 6.64. The van der Waals surface area contributed by atoms with Gasteiger partial charge in [0.1, 0.15) is 17.3 Å². The Bertz CT molecular complexity index is 1240. The fourth-order valence-corrected chi connectivity index (χ4v) is 4.23. The SMILES string of the molecule is COc1cc(F)cc(C2Oc3cc(Br)ccc3-c3cc4cc(Cl)ccc4n32)c1. The molecule has 140 valence electrons. The monoisotopic (exact) mass is 457 g/mol. The zero-order valence-electron chi connectivity index (χ0n) is 14.7. The highest BCUT2D eigenvalue weighted by Gasteiger charge is 2.29. The number of hydrogen-bond donors (Lipinski definition) is 0. The summed E-state index contributed by atoms with van der Waals surface area (Å²) in [6.45, 7) is 0. The maximum Gasteiger partial charge on any atom is 0.203 e. The molecule has 0 aliphatic carbocycles. The standard InChI is InChI=1S/C22H14BrClFNO2/c1-27-17-8-13(7-16(25)11-17)22-26-19-5-3-15(24)6-12(19)9-20(26)18-4-2-14(23)10-21(18)28-22/h2-11,22H,1H3. The van der Waals surface area contributed by atoms with Crippen LogP contribution in [0.15, 0.2) is 65.1 Å². The summed E-state index contributed by atoms with van der Waals surface area (Å²) < 4.78 is 28.8. The molecule has 0 radical (unpaired) electrons. The average molecular weight is 459 g/mol. The highest BCUT2D eigenvalue weighted by Crippen LogP contribution is 2.45. The Morgan fingerprint density at radius 3 is 2.75 bits per heavy atom. The van der Waals surface area contributed by atoms with Gasteiger partial charge in [-0.3, -0.25) is 0 Å². The lowest BCUT2D eigenvalue weighted by molar-refractivity contribution is 0.172. The number of halogens is 3. The molecule has 1 atom stereocenters. The van der Waals surface area contributed by atoms with Gasteiger partial charge in [0, 0.05) is 32.1 Å². The number of nitrogens with zero attached hydrogens (tertiary/aromatic N) is 1. The van der Waals surface area contributed by atoms with Crippen LogP contribution in [0, 0.1) is 5.82 Å². The lowest BCUT2D eigenvalue weighted by atomic mass is 10.1. The van der Waals surface area contributed by atoms with E-state index in [1.165, 1.54) is 19.2 Å². The molecule has 0 N–H and O–H groups in total. The zero-order valence-corrected chi connectivity index (χ0v) is 17.1. The summed E-state index contributed by atoms with van der Waals surface area (Å²) in [4.78, 5) is 0. The predicted molar refractivity (Wildman–Crippen MR) is 112 cm³/mol. The molecule has 0 amide bonds. The molecule has 28 heavy (non-hydrogen) atoms. The van der Waals surface area contributed by atoms with E-state index in [-0.39, 0.29) is 5.82 Å². The van der Waals surface area contributed by atoms with E-state index in [1.54, 1.807) is 6.07 Å². The first-order valence-corrected chi connectivity index (χ1v) is 9.82. The molecule has 0 saturated heterocycles. The fourth-order valence-electron chi connectivity index (χ4n) is 3.71. The van der Waals surface area contributed by atoms with Crippen molar-refractivity contribution in [3.05, 3.63) is 81.5 Å². The summed E-state index contributed by atoms with van der Waals surface area (Å²) in [6.07, 6.45) is -0.542. The van der Waals surface area contributed by atoms with Crippen molar-refractivity contribution in [2.24, 2.45) is 0 Å². The van der Waals surface area contributed by atoms with Crippen LogP contribution in [-0.4, -0.2) is 11.7 Å². The molecular weight excluding hydrogens is 445 g/mol. The van der Waals surface area contributed by atoms with Crippen LogP contribution in [0.2, 0.25) is 5.02 Å². The molecule has 0 saturated carbocycles. The van der Waals surface area contributed by atoms with Crippen molar-refractivity contribution in [2.45, 2.75) is 6.23 Å². The second kappa shape index (κ2) is 6.54. The summed E-state index contributed by atoms with van der Waals surface area (Å²) in [6, 6.07) is 18.3. The number of hydrogen-bond acceptors (Lipinski definition) is 2. The van der Waals surface area contributed by atoms with Crippen LogP contribution in [-0.2, 0) is 0 Å². The first kappa shape index (κ1) is 17.6. The highest BCUT2D eigenvalue weighted by molar-refractivity contribution is 9.10. The molecule has 2 heterocycles. The van der Waals surface area contributed by atoms with E-state index in [0.717, 1.165) is 32.4 Å². The maximum absolute atomic E-state index is 14.2. The van der Waals surface area contributed by atoms with Crippen LogP contribution < -0.4 is 9.47 Å². The van der Waals surface area contributed by atoms with Gasteiger partial charge in [0.2, 0.25) is 6.23 Å². The molecule has 1 aromatic heterocycles. The van der Waals surface area contributed by atoms with Crippen LogP contribution in [0.1, 0.15) is 11.8 Å². The Hall–Kier alpha value is -2.50. The second-order valence-corrected chi connectivity index (χ2v) is 7.99. The van der Waals surface area contributed by atoms with Gasteiger partial charge < -0.3 is 14.0 Å². The molecule has 1 aliphatic heterocycles. The third kappa shape index (κ3) is 2.77. The molecular formula is C22H14BrClFNO2. The van der Waals surface area contributed by atoms with Gasteiger partial charge in [0.15, 0.2) is 0 Å².